The largest absolute Gasteiger partial charge is 0.192 e. The quantitative estimate of drug-likeness (QED) is 0.596. The topological polar surface area (TPSA) is 23.8 Å². The van der Waals surface area contributed by atoms with Crippen LogP contribution in [0.3, 0.4) is 0 Å². The van der Waals surface area contributed by atoms with Crippen LogP contribution in [-0.4, -0.2) is 17.9 Å². The molecule has 0 amide bonds. The fourth-order valence-electron chi connectivity index (χ4n) is 1.06. The van der Waals surface area contributed by atoms with Gasteiger partial charge in [-0.05, 0) is 18.4 Å². The number of hydrogen-bond acceptors (Lipinski definition) is 3. The van der Waals surface area contributed by atoms with Crippen molar-refractivity contribution >= 4 is 35.1 Å². The first-order valence-electron chi connectivity index (χ1n) is 4.09. The summed E-state index contributed by atoms with van der Waals surface area (Å²) in [4.78, 5) is 2.06. The minimum Gasteiger partial charge on any atom is -0.192 e. The van der Waals surface area contributed by atoms with Gasteiger partial charge in [0.2, 0.25) is 0 Å². The van der Waals surface area contributed by atoms with E-state index in [1.165, 1.54) is 0 Å². The van der Waals surface area contributed by atoms with Gasteiger partial charge in [0.1, 0.15) is 6.07 Å². The average Bonchev–Trinajstić information content (AvgIpc) is 2.25. The van der Waals surface area contributed by atoms with Crippen molar-refractivity contribution < 1.29 is 0 Å². The number of nitriles is 1. The van der Waals surface area contributed by atoms with Crippen LogP contribution in [0.2, 0.25) is 0 Å². The maximum absolute atomic E-state index is 9.02. The second kappa shape index (κ2) is 6.23. The molecule has 0 aliphatic heterocycles. The highest BCUT2D eigenvalue weighted by molar-refractivity contribution is 8.00. The molecule has 14 heavy (non-hydrogen) atoms. The van der Waals surface area contributed by atoms with Gasteiger partial charge in [-0.25, -0.2) is 0 Å². The van der Waals surface area contributed by atoms with E-state index in [1.807, 2.05) is 24.5 Å². The summed E-state index contributed by atoms with van der Waals surface area (Å²) >= 11 is 8.84. The van der Waals surface area contributed by atoms with Crippen LogP contribution >= 0.6 is 35.1 Å². The smallest absolute Gasteiger partial charge is 0.101 e. The lowest BCUT2D eigenvalue weighted by atomic mass is 10.2. The highest BCUT2D eigenvalue weighted by Crippen LogP contribution is 2.29. The number of halogens is 1. The van der Waals surface area contributed by atoms with E-state index in [9.17, 15) is 0 Å². The van der Waals surface area contributed by atoms with Crippen LogP contribution in [0, 0.1) is 11.3 Å². The molecule has 0 radical (unpaired) electrons. The number of hydrogen-bond donors (Lipinski definition) is 0. The van der Waals surface area contributed by atoms with Crippen molar-refractivity contribution in [3.05, 3.63) is 23.8 Å². The van der Waals surface area contributed by atoms with Gasteiger partial charge in [0.25, 0.3) is 0 Å². The average molecular weight is 244 g/mol. The Morgan fingerprint density at radius 2 is 2.14 bits per heavy atom. The molecular weight excluding hydrogens is 234 g/mol. The minimum atomic E-state index is 0.610. The fourth-order valence-corrected chi connectivity index (χ4v) is 2.70. The minimum absolute atomic E-state index is 0.610. The van der Waals surface area contributed by atoms with Gasteiger partial charge in [-0.3, -0.25) is 0 Å². The lowest BCUT2D eigenvalue weighted by Gasteiger charge is -2.05. The number of thioether (sulfide) groups is 2. The zero-order valence-corrected chi connectivity index (χ0v) is 10.2. The van der Waals surface area contributed by atoms with Crippen molar-refractivity contribution in [1.82, 2.24) is 0 Å². The van der Waals surface area contributed by atoms with Gasteiger partial charge in [-0.2, -0.15) is 5.26 Å². The van der Waals surface area contributed by atoms with Gasteiger partial charge < -0.3 is 0 Å². The lowest BCUT2D eigenvalue weighted by Crippen LogP contribution is -1.87. The zero-order valence-electron chi connectivity index (χ0n) is 7.79. The van der Waals surface area contributed by atoms with Gasteiger partial charge in [0.05, 0.1) is 5.56 Å². The summed E-state index contributed by atoms with van der Waals surface area (Å²) in [5.74, 6) is 1.45. The molecule has 0 bridgehead atoms. The lowest BCUT2D eigenvalue weighted by molar-refractivity contribution is 1.26. The molecule has 0 aliphatic rings. The second-order valence-electron chi connectivity index (χ2n) is 2.48. The van der Waals surface area contributed by atoms with E-state index in [4.69, 9.17) is 16.9 Å². The highest BCUT2D eigenvalue weighted by atomic mass is 35.5. The number of rotatable bonds is 4. The summed E-state index contributed by atoms with van der Waals surface area (Å²) in [5, 5.41) is 9.02. The molecule has 0 aliphatic carbocycles. The first kappa shape index (κ1) is 11.8. The first-order valence-corrected chi connectivity index (χ1v) is 6.83. The third kappa shape index (κ3) is 2.84. The third-order valence-electron chi connectivity index (χ3n) is 1.65. The number of benzene rings is 1. The van der Waals surface area contributed by atoms with Gasteiger partial charge in [-0.15, -0.1) is 35.1 Å². The molecule has 0 spiro atoms. The Morgan fingerprint density at radius 1 is 1.43 bits per heavy atom. The Kier molecular flexibility index (Phi) is 5.24. The predicted octanol–water partition coefficient (Wildman–Crippen LogP) is 3.61. The molecule has 0 atom stereocenters. The van der Waals surface area contributed by atoms with Crippen molar-refractivity contribution in [2.75, 3.05) is 17.9 Å². The Balaban J connectivity index is 2.98. The molecule has 0 saturated heterocycles. The third-order valence-corrected chi connectivity index (χ3v) is 3.91. The molecule has 0 aromatic heterocycles. The summed E-state index contributed by atoms with van der Waals surface area (Å²) in [7, 11) is 0. The standard InChI is InChI=1S/C10H10ClNS2/c1-13-9-3-2-4-10(8(9)7-12)14-6-5-11/h2-4H,5-6H2,1H3. The zero-order chi connectivity index (χ0) is 10.4. The van der Waals surface area contributed by atoms with Crippen molar-refractivity contribution in [1.29, 1.82) is 5.26 Å². The van der Waals surface area contributed by atoms with Gasteiger partial charge in [0, 0.05) is 21.4 Å². The van der Waals surface area contributed by atoms with Crippen molar-refractivity contribution in [3.8, 4) is 6.07 Å². The van der Waals surface area contributed by atoms with Crippen LogP contribution in [0.15, 0.2) is 28.0 Å². The predicted molar refractivity (Wildman–Crippen MR) is 64.4 cm³/mol. The molecule has 0 heterocycles. The van der Waals surface area contributed by atoms with Crippen LogP contribution in [0.25, 0.3) is 0 Å². The molecule has 0 fully saturated rings. The van der Waals surface area contributed by atoms with Crippen LogP contribution in [0.5, 0.6) is 0 Å². The van der Waals surface area contributed by atoms with Crippen molar-refractivity contribution in [3.63, 3.8) is 0 Å². The number of nitrogens with zero attached hydrogens (tertiary/aromatic N) is 1. The van der Waals surface area contributed by atoms with Crippen LogP contribution in [0.4, 0.5) is 0 Å². The van der Waals surface area contributed by atoms with E-state index in [2.05, 4.69) is 6.07 Å². The molecular formula is C10H10ClNS2. The molecule has 4 heteroatoms. The Hall–Kier alpha value is -0.300. The summed E-state index contributed by atoms with van der Waals surface area (Å²) in [5.41, 5.74) is 0.773. The van der Waals surface area contributed by atoms with Crippen LogP contribution in [0.1, 0.15) is 5.56 Å². The molecule has 0 saturated carbocycles. The highest BCUT2D eigenvalue weighted by Gasteiger charge is 2.06. The van der Waals surface area contributed by atoms with E-state index in [0.717, 1.165) is 21.1 Å². The molecule has 1 aromatic carbocycles. The first-order chi connectivity index (χ1) is 6.83. The van der Waals surface area contributed by atoms with Crippen molar-refractivity contribution in [2.45, 2.75) is 9.79 Å². The van der Waals surface area contributed by atoms with E-state index in [-0.39, 0.29) is 0 Å². The maximum atomic E-state index is 9.02. The number of alkyl halides is 1. The van der Waals surface area contributed by atoms with Crippen LogP contribution < -0.4 is 0 Å². The molecule has 74 valence electrons. The molecule has 1 nitrogen and oxygen atoms in total. The molecule has 1 aromatic rings. The van der Waals surface area contributed by atoms with Crippen LogP contribution in [-0.2, 0) is 0 Å². The monoisotopic (exact) mass is 243 g/mol. The molecule has 0 N–H and O–H groups in total. The Morgan fingerprint density at radius 3 is 2.71 bits per heavy atom. The van der Waals surface area contributed by atoms with Gasteiger partial charge in [0.15, 0.2) is 0 Å². The van der Waals surface area contributed by atoms with E-state index in [0.29, 0.717) is 5.88 Å². The summed E-state index contributed by atoms with van der Waals surface area (Å²) in [6, 6.07) is 8.15. The Labute approximate surface area is 97.8 Å². The van der Waals surface area contributed by atoms with Crippen molar-refractivity contribution in [2.24, 2.45) is 0 Å². The SMILES string of the molecule is CSc1cccc(SCCCl)c1C#N. The normalized spacial score (nSPS) is 9.79. The van der Waals surface area contributed by atoms with E-state index in [1.54, 1.807) is 23.5 Å². The second-order valence-corrected chi connectivity index (χ2v) is 4.85. The summed E-state index contributed by atoms with van der Waals surface area (Å²) in [6.45, 7) is 0. The van der Waals surface area contributed by atoms with E-state index < -0.39 is 0 Å². The van der Waals surface area contributed by atoms with Gasteiger partial charge in [-0.1, -0.05) is 6.07 Å². The summed E-state index contributed by atoms with van der Waals surface area (Å²) in [6.07, 6.45) is 1.98. The molecule has 0 unspecified atom stereocenters. The maximum Gasteiger partial charge on any atom is 0.101 e. The Bertz CT molecular complexity index is 346. The van der Waals surface area contributed by atoms with E-state index >= 15 is 0 Å². The fraction of sp³-hybridized carbons (Fsp3) is 0.300. The molecule has 1 rings (SSSR count). The summed E-state index contributed by atoms with van der Waals surface area (Å²) < 4.78 is 0. The van der Waals surface area contributed by atoms with Gasteiger partial charge >= 0.3 is 0 Å².